The molecular formula is C23H24N4O2. The maximum atomic E-state index is 12.1. The summed E-state index contributed by atoms with van der Waals surface area (Å²) in [5.74, 6) is 0.594. The van der Waals surface area contributed by atoms with Gasteiger partial charge >= 0.3 is 0 Å². The van der Waals surface area contributed by atoms with Crippen LogP contribution in [-0.2, 0) is 11.2 Å². The highest BCUT2D eigenvalue weighted by molar-refractivity contribution is 6.03. The van der Waals surface area contributed by atoms with Crippen molar-refractivity contribution in [1.29, 1.82) is 0 Å². The van der Waals surface area contributed by atoms with Gasteiger partial charge in [0, 0.05) is 30.4 Å². The molecule has 2 aromatic carbocycles. The van der Waals surface area contributed by atoms with Gasteiger partial charge in [0.25, 0.3) is 0 Å². The normalized spacial score (nSPS) is 23.2. The van der Waals surface area contributed by atoms with Crippen LogP contribution >= 0.6 is 0 Å². The van der Waals surface area contributed by atoms with Gasteiger partial charge in [0.1, 0.15) is 0 Å². The molecule has 0 unspecified atom stereocenters. The number of aryl methyl sites for hydroxylation is 1. The van der Waals surface area contributed by atoms with Crippen LogP contribution in [0, 0.1) is 0 Å². The fourth-order valence-corrected chi connectivity index (χ4v) is 5.47. The van der Waals surface area contributed by atoms with Crippen molar-refractivity contribution in [3.63, 3.8) is 0 Å². The number of piperidine rings is 1. The highest BCUT2D eigenvalue weighted by Crippen LogP contribution is 2.49. The SMILES string of the molecule is O=C1CN2c3c(cccc3[C@@H]3CN(CCCc4noc5ccccc45)CC[C@@H]32)N1. The third kappa shape index (κ3) is 2.74. The van der Waals surface area contributed by atoms with Crippen molar-refractivity contribution in [2.24, 2.45) is 0 Å². The number of fused-ring (bicyclic) bond motifs is 4. The molecule has 3 aromatic rings. The molecule has 4 heterocycles. The Hall–Kier alpha value is -2.86. The number of amides is 1. The first kappa shape index (κ1) is 17.0. The number of nitrogens with one attached hydrogen (secondary N) is 1. The van der Waals surface area contributed by atoms with Gasteiger partial charge in [-0.15, -0.1) is 0 Å². The number of rotatable bonds is 4. The summed E-state index contributed by atoms with van der Waals surface area (Å²) in [7, 11) is 0. The molecule has 2 atom stereocenters. The molecule has 0 radical (unpaired) electrons. The fourth-order valence-electron chi connectivity index (χ4n) is 5.47. The summed E-state index contributed by atoms with van der Waals surface area (Å²) in [6, 6.07) is 14.9. The van der Waals surface area contributed by atoms with E-state index >= 15 is 0 Å². The Kier molecular flexibility index (Phi) is 3.87. The lowest BCUT2D eigenvalue weighted by molar-refractivity contribution is -0.115. The molecule has 0 bridgehead atoms. The first-order valence-corrected chi connectivity index (χ1v) is 10.5. The van der Waals surface area contributed by atoms with Crippen molar-refractivity contribution in [2.45, 2.75) is 31.2 Å². The van der Waals surface area contributed by atoms with E-state index < -0.39 is 0 Å². The number of aromatic nitrogens is 1. The Labute approximate surface area is 169 Å². The van der Waals surface area contributed by atoms with Gasteiger partial charge in [-0.2, -0.15) is 0 Å². The molecule has 3 aliphatic rings. The van der Waals surface area contributed by atoms with Crippen molar-refractivity contribution < 1.29 is 9.32 Å². The predicted molar refractivity (Wildman–Crippen MR) is 112 cm³/mol. The first-order valence-electron chi connectivity index (χ1n) is 10.5. The summed E-state index contributed by atoms with van der Waals surface area (Å²) in [6.45, 7) is 3.70. The second-order valence-electron chi connectivity index (χ2n) is 8.41. The van der Waals surface area contributed by atoms with Crippen LogP contribution in [0.3, 0.4) is 0 Å². The van der Waals surface area contributed by atoms with Gasteiger partial charge in [0.15, 0.2) is 5.58 Å². The van der Waals surface area contributed by atoms with E-state index in [-0.39, 0.29) is 5.91 Å². The molecule has 1 fully saturated rings. The minimum Gasteiger partial charge on any atom is -0.357 e. The van der Waals surface area contributed by atoms with Crippen LogP contribution < -0.4 is 10.2 Å². The fraction of sp³-hybridized carbons (Fsp3) is 0.391. The molecular weight excluding hydrogens is 364 g/mol. The Balaban J connectivity index is 1.15. The Bertz CT molecular complexity index is 1090. The second-order valence-corrected chi connectivity index (χ2v) is 8.41. The minimum absolute atomic E-state index is 0.109. The van der Waals surface area contributed by atoms with E-state index in [0.717, 1.165) is 61.2 Å². The molecule has 1 aromatic heterocycles. The third-order valence-corrected chi connectivity index (χ3v) is 6.74. The van der Waals surface area contributed by atoms with Crippen molar-refractivity contribution in [3.8, 4) is 0 Å². The molecule has 1 amide bonds. The largest absolute Gasteiger partial charge is 0.357 e. The lowest BCUT2D eigenvalue weighted by atomic mass is 9.89. The van der Waals surface area contributed by atoms with Crippen LogP contribution in [0.25, 0.3) is 11.0 Å². The van der Waals surface area contributed by atoms with E-state index in [0.29, 0.717) is 18.5 Å². The number of para-hydroxylation sites is 2. The monoisotopic (exact) mass is 388 g/mol. The van der Waals surface area contributed by atoms with Crippen LogP contribution in [0.1, 0.15) is 30.0 Å². The molecule has 6 heteroatoms. The van der Waals surface area contributed by atoms with E-state index in [1.54, 1.807) is 0 Å². The van der Waals surface area contributed by atoms with E-state index in [9.17, 15) is 4.79 Å². The summed E-state index contributed by atoms with van der Waals surface area (Å²) in [5.41, 5.74) is 5.58. The first-order chi connectivity index (χ1) is 14.3. The summed E-state index contributed by atoms with van der Waals surface area (Å²) < 4.78 is 5.43. The molecule has 6 nitrogen and oxygen atoms in total. The topological polar surface area (TPSA) is 61.6 Å². The third-order valence-electron chi connectivity index (χ3n) is 6.74. The highest BCUT2D eigenvalue weighted by Gasteiger charge is 2.44. The summed E-state index contributed by atoms with van der Waals surface area (Å²) in [4.78, 5) is 17.1. The predicted octanol–water partition coefficient (Wildman–Crippen LogP) is 3.39. The lowest BCUT2D eigenvalue weighted by Crippen LogP contribution is -2.49. The number of hydrogen-bond donors (Lipinski definition) is 1. The standard InChI is InChI=1S/C23H24N4O2/c28-22-14-27-20-10-12-26(13-17(20)15-6-3-7-19(24-22)23(15)27)11-4-8-18-16-5-1-2-9-21(16)29-25-18/h1-3,5-7,9,17,20H,4,8,10-14H2,(H,24,28)/t17-,20-/m0/s1. The summed E-state index contributed by atoms with van der Waals surface area (Å²) in [5, 5.41) is 8.45. The molecule has 1 N–H and O–H groups in total. The van der Waals surface area contributed by atoms with E-state index in [4.69, 9.17) is 4.52 Å². The number of carbonyl (C=O) groups is 1. The number of carbonyl (C=O) groups excluding carboxylic acids is 1. The molecule has 6 rings (SSSR count). The second kappa shape index (κ2) is 6.59. The van der Waals surface area contributed by atoms with Gasteiger partial charge in [-0.05, 0) is 49.6 Å². The van der Waals surface area contributed by atoms with Gasteiger partial charge in [-0.1, -0.05) is 29.4 Å². The van der Waals surface area contributed by atoms with Gasteiger partial charge in [-0.25, -0.2) is 0 Å². The van der Waals surface area contributed by atoms with E-state index in [2.05, 4.69) is 38.5 Å². The lowest BCUT2D eigenvalue weighted by Gasteiger charge is -2.39. The molecule has 3 aliphatic heterocycles. The van der Waals surface area contributed by atoms with E-state index in [1.165, 1.54) is 11.3 Å². The average Bonchev–Trinajstić information content (AvgIpc) is 3.29. The van der Waals surface area contributed by atoms with Crippen LogP contribution in [0.4, 0.5) is 11.4 Å². The van der Waals surface area contributed by atoms with Crippen molar-refractivity contribution in [2.75, 3.05) is 36.4 Å². The molecule has 29 heavy (non-hydrogen) atoms. The zero-order chi connectivity index (χ0) is 19.4. The zero-order valence-electron chi connectivity index (χ0n) is 16.3. The molecule has 0 spiro atoms. The molecule has 148 valence electrons. The van der Waals surface area contributed by atoms with Crippen molar-refractivity contribution in [3.05, 3.63) is 53.7 Å². The van der Waals surface area contributed by atoms with Gasteiger partial charge in [0.05, 0.1) is 23.6 Å². The number of anilines is 2. The van der Waals surface area contributed by atoms with Gasteiger partial charge < -0.3 is 19.6 Å². The molecule has 1 saturated heterocycles. The number of benzene rings is 2. The summed E-state index contributed by atoms with van der Waals surface area (Å²) >= 11 is 0. The molecule has 0 saturated carbocycles. The maximum absolute atomic E-state index is 12.1. The Morgan fingerprint density at radius 1 is 1.17 bits per heavy atom. The summed E-state index contributed by atoms with van der Waals surface area (Å²) in [6.07, 6.45) is 3.12. The van der Waals surface area contributed by atoms with Crippen LogP contribution in [-0.4, -0.2) is 48.2 Å². The Morgan fingerprint density at radius 3 is 3.07 bits per heavy atom. The van der Waals surface area contributed by atoms with Crippen LogP contribution in [0.2, 0.25) is 0 Å². The number of hydrogen-bond acceptors (Lipinski definition) is 5. The highest BCUT2D eigenvalue weighted by atomic mass is 16.5. The molecule has 0 aliphatic carbocycles. The zero-order valence-corrected chi connectivity index (χ0v) is 16.3. The smallest absolute Gasteiger partial charge is 0.243 e. The van der Waals surface area contributed by atoms with Crippen molar-refractivity contribution >= 4 is 28.3 Å². The Morgan fingerprint density at radius 2 is 2.10 bits per heavy atom. The number of nitrogens with zero attached hydrogens (tertiary/aromatic N) is 3. The van der Waals surface area contributed by atoms with Gasteiger partial charge in [0.2, 0.25) is 5.91 Å². The number of likely N-dealkylation sites (tertiary alicyclic amines) is 1. The van der Waals surface area contributed by atoms with Crippen molar-refractivity contribution in [1.82, 2.24) is 10.1 Å². The van der Waals surface area contributed by atoms with E-state index in [1.807, 2.05) is 24.3 Å². The van der Waals surface area contributed by atoms with Gasteiger partial charge in [-0.3, -0.25) is 4.79 Å². The van der Waals surface area contributed by atoms with Crippen LogP contribution in [0.5, 0.6) is 0 Å². The quantitative estimate of drug-likeness (QED) is 0.742. The maximum Gasteiger partial charge on any atom is 0.243 e. The average molecular weight is 388 g/mol. The minimum atomic E-state index is 0.109. The van der Waals surface area contributed by atoms with Crippen LogP contribution in [0.15, 0.2) is 47.0 Å².